The normalized spacial score (nSPS) is 15.1. The molecule has 0 bridgehead atoms. The first-order valence-corrected chi connectivity index (χ1v) is 8.19. The first-order chi connectivity index (χ1) is 11.2. The predicted molar refractivity (Wildman–Crippen MR) is 91.2 cm³/mol. The molecule has 0 saturated heterocycles. The zero-order valence-corrected chi connectivity index (χ0v) is 14.7. The minimum atomic E-state index is -0.543. The summed E-state index contributed by atoms with van der Waals surface area (Å²) < 4.78 is 5.51. The summed E-state index contributed by atoms with van der Waals surface area (Å²) in [7, 11) is 0. The van der Waals surface area contributed by atoms with Gasteiger partial charge in [0.1, 0.15) is 23.8 Å². The second-order valence-electron chi connectivity index (χ2n) is 7.26. The summed E-state index contributed by atoms with van der Waals surface area (Å²) >= 11 is 0. The molecule has 24 heavy (non-hydrogen) atoms. The maximum Gasteiger partial charge on any atom is 0.328 e. The Labute approximate surface area is 143 Å². The summed E-state index contributed by atoms with van der Waals surface area (Å²) in [5, 5.41) is 18.3. The van der Waals surface area contributed by atoms with Crippen LogP contribution in [0.15, 0.2) is 18.2 Å². The van der Waals surface area contributed by atoms with Gasteiger partial charge in [0, 0.05) is 12.2 Å². The number of carbonyl (C=O) groups is 1. The fourth-order valence-electron chi connectivity index (χ4n) is 2.48. The minimum absolute atomic E-state index is 0.286. The van der Waals surface area contributed by atoms with Gasteiger partial charge >= 0.3 is 5.97 Å². The van der Waals surface area contributed by atoms with Crippen molar-refractivity contribution in [2.24, 2.45) is 5.92 Å². The number of carbonyl (C=O) groups excluding carboxylic acids is 1. The SMILES string of the molecule is CC(C(=O)OC(C)(C)C)N(CC1CC1)c1ccc(C#N)c(C#N)c1. The molecular formula is C19H23N3O2. The zero-order chi connectivity index (χ0) is 17.9. The number of benzene rings is 1. The highest BCUT2D eigenvalue weighted by Crippen LogP contribution is 2.33. The van der Waals surface area contributed by atoms with Crippen molar-refractivity contribution in [3.63, 3.8) is 0 Å². The number of hydrogen-bond acceptors (Lipinski definition) is 5. The van der Waals surface area contributed by atoms with Crippen LogP contribution in [0.1, 0.15) is 51.7 Å². The van der Waals surface area contributed by atoms with Crippen LogP contribution in [-0.4, -0.2) is 24.2 Å². The molecule has 2 rings (SSSR count). The van der Waals surface area contributed by atoms with Crippen molar-refractivity contribution >= 4 is 11.7 Å². The molecule has 1 fully saturated rings. The highest BCUT2D eigenvalue weighted by Gasteiger charge is 2.32. The van der Waals surface area contributed by atoms with E-state index in [0.29, 0.717) is 17.0 Å². The Morgan fingerprint density at radius 3 is 2.42 bits per heavy atom. The summed E-state index contributed by atoms with van der Waals surface area (Å²) in [6.07, 6.45) is 2.30. The fourth-order valence-corrected chi connectivity index (χ4v) is 2.48. The van der Waals surface area contributed by atoms with Gasteiger partial charge in [-0.15, -0.1) is 0 Å². The molecule has 126 valence electrons. The lowest BCUT2D eigenvalue weighted by Gasteiger charge is -2.32. The Bertz CT molecular complexity index is 703. The van der Waals surface area contributed by atoms with Crippen molar-refractivity contribution < 1.29 is 9.53 Å². The molecule has 1 aliphatic rings. The van der Waals surface area contributed by atoms with Crippen molar-refractivity contribution in [2.75, 3.05) is 11.4 Å². The molecule has 1 aliphatic carbocycles. The predicted octanol–water partition coefficient (Wildman–Crippen LogP) is 3.38. The smallest absolute Gasteiger partial charge is 0.328 e. The molecule has 5 heteroatoms. The van der Waals surface area contributed by atoms with Gasteiger partial charge in [0.25, 0.3) is 0 Å². The lowest BCUT2D eigenvalue weighted by molar-refractivity contribution is -0.156. The van der Waals surface area contributed by atoms with Crippen LogP contribution in [-0.2, 0) is 9.53 Å². The second kappa shape index (κ2) is 6.93. The lowest BCUT2D eigenvalue weighted by Crippen LogP contribution is -2.43. The Balaban J connectivity index is 2.30. The van der Waals surface area contributed by atoms with E-state index in [0.717, 1.165) is 25.1 Å². The molecule has 0 amide bonds. The monoisotopic (exact) mass is 325 g/mol. The van der Waals surface area contributed by atoms with E-state index in [2.05, 4.69) is 6.07 Å². The number of esters is 1. The van der Waals surface area contributed by atoms with Gasteiger partial charge < -0.3 is 9.64 Å². The van der Waals surface area contributed by atoms with Gasteiger partial charge in [-0.1, -0.05) is 0 Å². The molecular weight excluding hydrogens is 302 g/mol. The Kier molecular flexibility index (Phi) is 5.14. The number of nitriles is 2. The van der Waals surface area contributed by atoms with Crippen LogP contribution in [0.3, 0.4) is 0 Å². The summed E-state index contributed by atoms with van der Waals surface area (Å²) in [4.78, 5) is 14.5. The van der Waals surface area contributed by atoms with Gasteiger partial charge in [-0.05, 0) is 64.7 Å². The fraction of sp³-hybridized carbons (Fsp3) is 0.526. The summed E-state index contributed by atoms with van der Waals surface area (Å²) in [5.74, 6) is 0.280. The van der Waals surface area contributed by atoms with Crippen molar-refractivity contribution in [1.82, 2.24) is 0 Å². The summed E-state index contributed by atoms with van der Waals surface area (Å²) in [6, 6.07) is 8.72. The molecule has 1 aromatic carbocycles. The topological polar surface area (TPSA) is 77.1 Å². The van der Waals surface area contributed by atoms with Gasteiger partial charge in [0.05, 0.1) is 11.1 Å². The first-order valence-electron chi connectivity index (χ1n) is 8.19. The van der Waals surface area contributed by atoms with Gasteiger partial charge in [-0.3, -0.25) is 0 Å². The average molecular weight is 325 g/mol. The molecule has 0 heterocycles. The maximum absolute atomic E-state index is 12.5. The Morgan fingerprint density at radius 2 is 1.92 bits per heavy atom. The van der Waals surface area contributed by atoms with E-state index < -0.39 is 11.6 Å². The van der Waals surface area contributed by atoms with Crippen LogP contribution in [0, 0.1) is 28.6 Å². The van der Waals surface area contributed by atoms with Crippen LogP contribution < -0.4 is 4.90 Å². The molecule has 1 atom stereocenters. The number of ether oxygens (including phenoxy) is 1. The Hall–Kier alpha value is -2.53. The Morgan fingerprint density at radius 1 is 1.29 bits per heavy atom. The van der Waals surface area contributed by atoms with Crippen LogP contribution in [0.25, 0.3) is 0 Å². The van der Waals surface area contributed by atoms with Crippen molar-refractivity contribution in [3.8, 4) is 12.1 Å². The third-order valence-electron chi connectivity index (χ3n) is 3.94. The second-order valence-corrected chi connectivity index (χ2v) is 7.26. The van der Waals surface area contributed by atoms with Crippen molar-refractivity contribution in [1.29, 1.82) is 10.5 Å². The third-order valence-corrected chi connectivity index (χ3v) is 3.94. The number of rotatable bonds is 5. The van der Waals surface area contributed by atoms with Crippen molar-refractivity contribution in [2.45, 2.75) is 52.2 Å². The van der Waals surface area contributed by atoms with E-state index in [1.807, 2.05) is 38.7 Å². The molecule has 0 radical (unpaired) electrons. The highest BCUT2D eigenvalue weighted by atomic mass is 16.6. The molecule has 1 saturated carbocycles. The van der Waals surface area contributed by atoms with Crippen molar-refractivity contribution in [3.05, 3.63) is 29.3 Å². The molecule has 0 N–H and O–H groups in total. The van der Waals surface area contributed by atoms with Crippen LogP contribution in [0.2, 0.25) is 0 Å². The molecule has 0 spiro atoms. The lowest BCUT2D eigenvalue weighted by atomic mass is 10.1. The van der Waals surface area contributed by atoms with Gasteiger partial charge in [-0.25, -0.2) is 4.79 Å². The third kappa shape index (κ3) is 4.49. The first kappa shape index (κ1) is 17.8. The highest BCUT2D eigenvalue weighted by molar-refractivity contribution is 5.80. The number of anilines is 1. The molecule has 1 unspecified atom stereocenters. The van der Waals surface area contributed by atoms with E-state index in [9.17, 15) is 10.1 Å². The van der Waals surface area contributed by atoms with Gasteiger partial charge in [0.15, 0.2) is 0 Å². The van der Waals surface area contributed by atoms with E-state index in [1.165, 1.54) is 0 Å². The van der Waals surface area contributed by atoms with Crippen LogP contribution in [0.4, 0.5) is 5.69 Å². The molecule has 0 aliphatic heterocycles. The number of hydrogen-bond donors (Lipinski definition) is 0. The van der Waals surface area contributed by atoms with E-state index in [1.54, 1.807) is 18.2 Å². The quantitative estimate of drug-likeness (QED) is 0.776. The maximum atomic E-state index is 12.5. The van der Waals surface area contributed by atoms with E-state index in [4.69, 9.17) is 10.00 Å². The summed E-state index contributed by atoms with van der Waals surface area (Å²) in [5.41, 5.74) is 0.902. The van der Waals surface area contributed by atoms with E-state index in [-0.39, 0.29) is 5.97 Å². The zero-order valence-electron chi connectivity index (χ0n) is 14.7. The van der Waals surface area contributed by atoms with E-state index >= 15 is 0 Å². The molecule has 1 aromatic rings. The molecule has 5 nitrogen and oxygen atoms in total. The van der Waals surface area contributed by atoms with Crippen LogP contribution in [0.5, 0.6) is 0 Å². The minimum Gasteiger partial charge on any atom is -0.458 e. The standard InChI is InChI=1S/C19H23N3O2/c1-13(18(23)24-19(2,3)4)22(12-14-5-6-14)17-8-7-15(10-20)16(9-17)11-21/h7-9,13-14H,5-6,12H2,1-4H3. The number of nitrogens with zero attached hydrogens (tertiary/aromatic N) is 3. The molecule has 0 aromatic heterocycles. The van der Waals surface area contributed by atoms with Gasteiger partial charge in [0.2, 0.25) is 0 Å². The largest absolute Gasteiger partial charge is 0.458 e. The average Bonchev–Trinajstić information content (AvgIpc) is 3.33. The summed E-state index contributed by atoms with van der Waals surface area (Å²) in [6.45, 7) is 8.10. The van der Waals surface area contributed by atoms with Crippen LogP contribution >= 0.6 is 0 Å². The van der Waals surface area contributed by atoms with Gasteiger partial charge in [-0.2, -0.15) is 10.5 Å².